The van der Waals surface area contributed by atoms with Gasteiger partial charge in [-0.05, 0) is 39.0 Å². The fourth-order valence-corrected chi connectivity index (χ4v) is 2.70. The zero-order valence-corrected chi connectivity index (χ0v) is 13.2. The van der Waals surface area contributed by atoms with E-state index in [0.29, 0.717) is 23.1 Å². The molecule has 0 saturated heterocycles. The molecule has 2 rings (SSSR count). The van der Waals surface area contributed by atoms with E-state index in [-0.39, 0.29) is 5.91 Å². The number of rotatable bonds is 5. The van der Waals surface area contributed by atoms with Crippen LogP contribution in [0.15, 0.2) is 29.4 Å². The van der Waals surface area contributed by atoms with Gasteiger partial charge in [0.15, 0.2) is 5.16 Å². The number of thioether (sulfide) groups is 1. The standard InChI is InChI=1S/C15H18N4OS/c1-10-5-4-6-13(16-10)19-14(20)7-8-21-15-17-11(2)9-12(3)18-15/h4-6,9H,7-8H2,1-3H3,(H,16,19,20). The quantitative estimate of drug-likeness (QED) is 0.679. The molecule has 0 aliphatic carbocycles. The summed E-state index contributed by atoms with van der Waals surface area (Å²) in [6.07, 6.45) is 0.399. The third-order valence-electron chi connectivity index (χ3n) is 2.68. The summed E-state index contributed by atoms with van der Waals surface area (Å²) in [5.74, 6) is 1.18. The van der Waals surface area contributed by atoms with Crippen molar-refractivity contribution in [3.63, 3.8) is 0 Å². The Labute approximate surface area is 128 Å². The van der Waals surface area contributed by atoms with E-state index in [9.17, 15) is 4.79 Å². The third kappa shape index (κ3) is 5.15. The first-order valence-electron chi connectivity index (χ1n) is 6.71. The summed E-state index contributed by atoms with van der Waals surface area (Å²) in [6, 6.07) is 7.48. The van der Waals surface area contributed by atoms with Crippen molar-refractivity contribution in [2.45, 2.75) is 32.3 Å². The minimum Gasteiger partial charge on any atom is -0.311 e. The summed E-state index contributed by atoms with van der Waals surface area (Å²) in [4.78, 5) is 24.8. The van der Waals surface area contributed by atoms with Crippen LogP contribution >= 0.6 is 11.8 Å². The van der Waals surface area contributed by atoms with E-state index in [1.807, 2.05) is 39.0 Å². The van der Waals surface area contributed by atoms with Crippen molar-refractivity contribution in [2.75, 3.05) is 11.1 Å². The smallest absolute Gasteiger partial charge is 0.226 e. The molecule has 0 aliphatic heterocycles. The van der Waals surface area contributed by atoms with Gasteiger partial charge in [-0.25, -0.2) is 15.0 Å². The zero-order chi connectivity index (χ0) is 15.2. The number of amides is 1. The van der Waals surface area contributed by atoms with E-state index in [4.69, 9.17) is 0 Å². The molecular weight excluding hydrogens is 284 g/mol. The molecule has 1 amide bonds. The number of hydrogen-bond acceptors (Lipinski definition) is 5. The fraction of sp³-hybridized carbons (Fsp3) is 0.333. The van der Waals surface area contributed by atoms with E-state index in [0.717, 1.165) is 17.1 Å². The molecule has 1 N–H and O–H groups in total. The lowest BCUT2D eigenvalue weighted by molar-refractivity contribution is -0.115. The summed E-state index contributed by atoms with van der Waals surface area (Å²) < 4.78 is 0. The first-order valence-corrected chi connectivity index (χ1v) is 7.70. The highest BCUT2D eigenvalue weighted by atomic mass is 32.2. The number of pyridine rings is 1. The molecular formula is C15H18N4OS. The van der Waals surface area contributed by atoms with E-state index in [2.05, 4.69) is 20.3 Å². The van der Waals surface area contributed by atoms with Crippen molar-refractivity contribution in [3.8, 4) is 0 Å². The third-order valence-corrected chi connectivity index (χ3v) is 3.53. The van der Waals surface area contributed by atoms with Gasteiger partial charge in [-0.3, -0.25) is 4.79 Å². The van der Waals surface area contributed by atoms with Crippen LogP contribution in [0, 0.1) is 20.8 Å². The first-order chi connectivity index (χ1) is 10.0. The Morgan fingerprint density at radius 3 is 2.48 bits per heavy atom. The maximum absolute atomic E-state index is 11.8. The summed E-state index contributed by atoms with van der Waals surface area (Å²) in [7, 11) is 0. The van der Waals surface area contributed by atoms with Crippen LogP contribution in [0.5, 0.6) is 0 Å². The Morgan fingerprint density at radius 2 is 1.81 bits per heavy atom. The Bertz CT molecular complexity index is 625. The Kier molecular flexibility index (Phi) is 5.27. The second-order valence-corrected chi connectivity index (χ2v) is 5.81. The molecule has 0 saturated carbocycles. The number of nitrogens with zero attached hydrogens (tertiary/aromatic N) is 3. The predicted octanol–water partition coefficient (Wildman–Crippen LogP) is 2.92. The largest absolute Gasteiger partial charge is 0.311 e. The van der Waals surface area contributed by atoms with Gasteiger partial charge >= 0.3 is 0 Å². The number of hydrogen-bond donors (Lipinski definition) is 1. The van der Waals surface area contributed by atoms with Crippen molar-refractivity contribution < 1.29 is 4.79 Å². The highest BCUT2D eigenvalue weighted by molar-refractivity contribution is 7.99. The number of nitrogens with one attached hydrogen (secondary N) is 1. The maximum Gasteiger partial charge on any atom is 0.226 e. The van der Waals surface area contributed by atoms with Crippen LogP contribution in [-0.4, -0.2) is 26.6 Å². The van der Waals surface area contributed by atoms with Crippen LogP contribution in [0.25, 0.3) is 0 Å². The molecule has 0 aromatic carbocycles. The molecule has 2 aromatic rings. The zero-order valence-electron chi connectivity index (χ0n) is 12.4. The average Bonchev–Trinajstić information content (AvgIpc) is 2.37. The topological polar surface area (TPSA) is 67.8 Å². The lowest BCUT2D eigenvalue weighted by atomic mass is 10.3. The van der Waals surface area contributed by atoms with Gasteiger partial charge in [0.2, 0.25) is 5.91 Å². The summed E-state index contributed by atoms with van der Waals surface area (Å²) in [6.45, 7) is 5.77. The van der Waals surface area contributed by atoms with Crippen molar-refractivity contribution >= 4 is 23.5 Å². The molecule has 2 heterocycles. The van der Waals surface area contributed by atoms with Gasteiger partial charge in [-0.15, -0.1) is 0 Å². The van der Waals surface area contributed by atoms with Crippen LogP contribution in [-0.2, 0) is 4.79 Å². The first kappa shape index (κ1) is 15.4. The monoisotopic (exact) mass is 302 g/mol. The van der Waals surface area contributed by atoms with Gasteiger partial charge in [0.25, 0.3) is 0 Å². The van der Waals surface area contributed by atoms with Crippen molar-refractivity contribution in [3.05, 3.63) is 41.3 Å². The number of carbonyl (C=O) groups excluding carboxylic acids is 1. The Morgan fingerprint density at radius 1 is 1.10 bits per heavy atom. The molecule has 0 fully saturated rings. The molecule has 0 spiro atoms. The molecule has 0 radical (unpaired) electrons. The van der Waals surface area contributed by atoms with Gasteiger partial charge in [-0.1, -0.05) is 17.8 Å². The summed E-state index contributed by atoms with van der Waals surface area (Å²) in [5.41, 5.74) is 2.77. The highest BCUT2D eigenvalue weighted by Gasteiger charge is 2.06. The number of carbonyl (C=O) groups is 1. The number of aromatic nitrogens is 3. The van der Waals surface area contributed by atoms with Crippen LogP contribution in [0.1, 0.15) is 23.5 Å². The van der Waals surface area contributed by atoms with Gasteiger partial charge < -0.3 is 5.32 Å². The molecule has 5 nitrogen and oxygen atoms in total. The number of aryl methyl sites for hydroxylation is 3. The van der Waals surface area contributed by atoms with Gasteiger partial charge in [0, 0.05) is 29.3 Å². The molecule has 0 bridgehead atoms. The minimum absolute atomic E-state index is 0.0509. The van der Waals surface area contributed by atoms with Crippen LogP contribution in [0.2, 0.25) is 0 Å². The van der Waals surface area contributed by atoms with Gasteiger partial charge in [0.05, 0.1) is 0 Å². The molecule has 21 heavy (non-hydrogen) atoms. The van der Waals surface area contributed by atoms with Crippen molar-refractivity contribution in [1.82, 2.24) is 15.0 Å². The Balaban J connectivity index is 1.81. The summed E-state index contributed by atoms with van der Waals surface area (Å²) >= 11 is 1.49. The highest BCUT2D eigenvalue weighted by Crippen LogP contribution is 2.15. The van der Waals surface area contributed by atoms with E-state index >= 15 is 0 Å². The molecule has 0 unspecified atom stereocenters. The van der Waals surface area contributed by atoms with Crippen LogP contribution in [0.3, 0.4) is 0 Å². The summed E-state index contributed by atoms with van der Waals surface area (Å²) in [5, 5.41) is 3.50. The normalized spacial score (nSPS) is 10.4. The van der Waals surface area contributed by atoms with Crippen LogP contribution < -0.4 is 5.32 Å². The van der Waals surface area contributed by atoms with Crippen molar-refractivity contribution in [2.24, 2.45) is 0 Å². The van der Waals surface area contributed by atoms with Gasteiger partial charge in [-0.2, -0.15) is 0 Å². The molecule has 6 heteroatoms. The number of anilines is 1. The average molecular weight is 302 g/mol. The Hall–Kier alpha value is -1.95. The van der Waals surface area contributed by atoms with E-state index in [1.165, 1.54) is 11.8 Å². The molecule has 2 aromatic heterocycles. The van der Waals surface area contributed by atoms with Gasteiger partial charge in [0.1, 0.15) is 5.82 Å². The van der Waals surface area contributed by atoms with E-state index < -0.39 is 0 Å². The second-order valence-electron chi connectivity index (χ2n) is 4.74. The maximum atomic E-state index is 11.8. The lowest BCUT2D eigenvalue weighted by Crippen LogP contribution is -2.13. The van der Waals surface area contributed by atoms with E-state index in [1.54, 1.807) is 6.07 Å². The SMILES string of the molecule is Cc1cccc(NC(=O)CCSc2nc(C)cc(C)n2)n1. The molecule has 0 aliphatic rings. The lowest BCUT2D eigenvalue weighted by Gasteiger charge is -2.05. The molecule has 0 atom stereocenters. The van der Waals surface area contributed by atoms with Crippen molar-refractivity contribution in [1.29, 1.82) is 0 Å². The minimum atomic E-state index is -0.0509. The predicted molar refractivity (Wildman–Crippen MR) is 84.5 cm³/mol. The van der Waals surface area contributed by atoms with Crippen LogP contribution in [0.4, 0.5) is 5.82 Å². The second kappa shape index (κ2) is 7.17. The molecule has 110 valence electrons. The fourth-order valence-electron chi connectivity index (χ4n) is 1.81.